The molecule has 3 N–H and O–H groups in total. The second kappa shape index (κ2) is 6.07. The average molecular weight is 250 g/mol. The fourth-order valence-electron chi connectivity index (χ4n) is 2.39. The molecule has 100 valence electrons. The van der Waals surface area contributed by atoms with Crippen LogP contribution < -0.4 is 10.5 Å². The van der Waals surface area contributed by atoms with Gasteiger partial charge in [0.1, 0.15) is 18.5 Å². The Kier molecular flexibility index (Phi) is 4.44. The van der Waals surface area contributed by atoms with Crippen LogP contribution in [0.3, 0.4) is 0 Å². The number of para-hydroxylation sites is 2. The van der Waals surface area contributed by atoms with E-state index < -0.39 is 6.10 Å². The predicted octanol–water partition coefficient (Wildman–Crippen LogP) is 1.49. The fraction of sp³-hybridized carbons (Fsp3) is 0.571. The molecule has 4 nitrogen and oxygen atoms in total. The Labute approximate surface area is 108 Å². The van der Waals surface area contributed by atoms with Crippen molar-refractivity contribution in [3.63, 3.8) is 0 Å². The molecule has 18 heavy (non-hydrogen) atoms. The zero-order valence-electron chi connectivity index (χ0n) is 10.9. The van der Waals surface area contributed by atoms with E-state index in [1.807, 2.05) is 18.2 Å². The molecule has 2 rings (SSSR count). The number of hydrogen-bond acceptors (Lipinski definition) is 4. The van der Waals surface area contributed by atoms with Gasteiger partial charge in [-0.1, -0.05) is 12.1 Å². The van der Waals surface area contributed by atoms with Gasteiger partial charge in [-0.3, -0.25) is 4.90 Å². The summed E-state index contributed by atoms with van der Waals surface area (Å²) in [7, 11) is 0. The minimum Gasteiger partial charge on any atom is -0.489 e. The van der Waals surface area contributed by atoms with Gasteiger partial charge in [0.15, 0.2) is 0 Å². The zero-order valence-corrected chi connectivity index (χ0v) is 10.9. The summed E-state index contributed by atoms with van der Waals surface area (Å²) in [6.45, 7) is 4.24. The van der Waals surface area contributed by atoms with Crippen molar-refractivity contribution >= 4 is 5.69 Å². The molecule has 1 aromatic carbocycles. The van der Waals surface area contributed by atoms with Gasteiger partial charge in [0.25, 0.3) is 0 Å². The highest BCUT2D eigenvalue weighted by molar-refractivity contribution is 5.51. The highest BCUT2D eigenvalue weighted by Crippen LogP contribution is 2.20. The van der Waals surface area contributed by atoms with Gasteiger partial charge in [0.05, 0.1) is 5.69 Å². The van der Waals surface area contributed by atoms with Crippen molar-refractivity contribution < 1.29 is 9.84 Å². The molecule has 4 heteroatoms. The Bertz CT molecular complexity index is 384. The maximum Gasteiger partial charge on any atom is 0.142 e. The van der Waals surface area contributed by atoms with E-state index in [0.29, 0.717) is 24.0 Å². The Morgan fingerprint density at radius 3 is 2.94 bits per heavy atom. The Morgan fingerprint density at radius 2 is 2.28 bits per heavy atom. The summed E-state index contributed by atoms with van der Waals surface area (Å²) in [4.78, 5) is 2.31. The number of hydrogen-bond donors (Lipinski definition) is 2. The number of ether oxygens (including phenoxy) is 1. The molecule has 2 atom stereocenters. The van der Waals surface area contributed by atoms with E-state index in [1.54, 1.807) is 6.07 Å². The summed E-state index contributed by atoms with van der Waals surface area (Å²) in [6.07, 6.45) is 1.98. The van der Waals surface area contributed by atoms with Crippen LogP contribution in [0.5, 0.6) is 5.75 Å². The van der Waals surface area contributed by atoms with Crippen LogP contribution in [0.1, 0.15) is 19.8 Å². The Hall–Kier alpha value is -1.26. The molecule has 1 aliphatic rings. The Morgan fingerprint density at radius 1 is 1.50 bits per heavy atom. The lowest BCUT2D eigenvalue weighted by atomic mass is 10.2. The van der Waals surface area contributed by atoms with Crippen molar-refractivity contribution in [3.8, 4) is 5.75 Å². The molecule has 1 saturated heterocycles. The summed E-state index contributed by atoms with van der Waals surface area (Å²) >= 11 is 0. The van der Waals surface area contributed by atoms with Crippen molar-refractivity contribution in [3.05, 3.63) is 24.3 Å². The summed E-state index contributed by atoms with van der Waals surface area (Å²) in [5, 5.41) is 9.97. The van der Waals surface area contributed by atoms with E-state index in [0.717, 1.165) is 6.54 Å². The van der Waals surface area contributed by atoms with Crippen LogP contribution in [0.2, 0.25) is 0 Å². The molecule has 0 aromatic heterocycles. The van der Waals surface area contributed by atoms with E-state index in [-0.39, 0.29) is 6.61 Å². The lowest BCUT2D eigenvalue weighted by Crippen LogP contribution is -2.37. The number of rotatable bonds is 5. The number of benzene rings is 1. The van der Waals surface area contributed by atoms with Gasteiger partial charge in [0.2, 0.25) is 0 Å². The number of nitrogens with zero attached hydrogens (tertiary/aromatic N) is 1. The normalized spacial score (nSPS) is 22.0. The van der Waals surface area contributed by atoms with Gasteiger partial charge >= 0.3 is 0 Å². The van der Waals surface area contributed by atoms with Gasteiger partial charge in [-0.15, -0.1) is 0 Å². The molecule has 1 heterocycles. The number of anilines is 1. The summed E-state index contributed by atoms with van der Waals surface area (Å²) in [5.74, 6) is 0.644. The molecule has 1 aromatic rings. The van der Waals surface area contributed by atoms with Crippen molar-refractivity contribution in [2.75, 3.05) is 25.4 Å². The monoisotopic (exact) mass is 250 g/mol. The second-order valence-corrected chi connectivity index (χ2v) is 4.99. The first-order valence-corrected chi connectivity index (χ1v) is 6.56. The van der Waals surface area contributed by atoms with E-state index in [4.69, 9.17) is 10.5 Å². The standard InChI is InChI=1S/C14H22N2O2/c1-11-5-4-8-16(11)9-12(17)10-18-14-7-3-2-6-13(14)15/h2-3,6-7,11-12,17H,4-5,8-10,15H2,1H3. The molecule has 0 spiro atoms. The zero-order chi connectivity index (χ0) is 13.0. The van der Waals surface area contributed by atoms with E-state index in [9.17, 15) is 5.11 Å². The number of β-amino-alcohol motifs (C(OH)–C–C–N with tert-alkyl or cyclic N) is 1. The SMILES string of the molecule is CC1CCCN1CC(O)COc1ccccc1N. The molecular weight excluding hydrogens is 228 g/mol. The van der Waals surface area contributed by atoms with Crippen molar-refractivity contribution in [2.24, 2.45) is 0 Å². The van der Waals surface area contributed by atoms with Crippen molar-refractivity contribution in [1.29, 1.82) is 0 Å². The molecule has 0 amide bonds. The first kappa shape index (κ1) is 13.2. The lowest BCUT2D eigenvalue weighted by molar-refractivity contribution is 0.0665. The highest BCUT2D eigenvalue weighted by Gasteiger charge is 2.22. The maximum absolute atomic E-state index is 9.97. The first-order valence-electron chi connectivity index (χ1n) is 6.56. The molecule has 0 aliphatic carbocycles. The quantitative estimate of drug-likeness (QED) is 0.777. The average Bonchev–Trinajstić information content (AvgIpc) is 2.74. The summed E-state index contributed by atoms with van der Waals surface area (Å²) in [5.41, 5.74) is 6.39. The first-order chi connectivity index (χ1) is 8.66. The molecule has 0 radical (unpaired) electrons. The minimum atomic E-state index is -0.467. The second-order valence-electron chi connectivity index (χ2n) is 4.99. The summed E-state index contributed by atoms with van der Waals surface area (Å²) < 4.78 is 5.54. The van der Waals surface area contributed by atoms with Crippen molar-refractivity contribution in [2.45, 2.75) is 31.9 Å². The van der Waals surface area contributed by atoms with Gasteiger partial charge < -0.3 is 15.6 Å². The van der Waals surface area contributed by atoms with Crippen molar-refractivity contribution in [1.82, 2.24) is 4.90 Å². The minimum absolute atomic E-state index is 0.289. The third kappa shape index (κ3) is 3.37. The van der Waals surface area contributed by atoms with Crippen LogP contribution >= 0.6 is 0 Å². The third-order valence-electron chi connectivity index (χ3n) is 3.49. The number of likely N-dealkylation sites (tertiary alicyclic amines) is 1. The largest absolute Gasteiger partial charge is 0.489 e. The molecule has 0 bridgehead atoms. The molecule has 1 aliphatic heterocycles. The van der Waals surface area contributed by atoms with Crippen LogP contribution in [-0.2, 0) is 0 Å². The van der Waals surface area contributed by atoms with Crippen LogP contribution in [0.25, 0.3) is 0 Å². The Balaban J connectivity index is 1.78. The smallest absolute Gasteiger partial charge is 0.142 e. The predicted molar refractivity (Wildman–Crippen MR) is 72.6 cm³/mol. The number of aliphatic hydroxyl groups excluding tert-OH is 1. The molecule has 2 unspecified atom stereocenters. The van der Waals surface area contributed by atoms with Crippen LogP contribution in [0.15, 0.2) is 24.3 Å². The topological polar surface area (TPSA) is 58.7 Å². The summed E-state index contributed by atoms with van der Waals surface area (Å²) in [6, 6.07) is 7.93. The maximum atomic E-state index is 9.97. The third-order valence-corrected chi connectivity index (χ3v) is 3.49. The van der Waals surface area contributed by atoms with Crippen LogP contribution in [0, 0.1) is 0 Å². The fourth-order valence-corrected chi connectivity index (χ4v) is 2.39. The van der Waals surface area contributed by atoms with E-state index >= 15 is 0 Å². The number of nitrogens with two attached hydrogens (primary N) is 1. The van der Waals surface area contributed by atoms with Gasteiger partial charge in [-0.25, -0.2) is 0 Å². The van der Waals surface area contributed by atoms with Crippen LogP contribution in [-0.4, -0.2) is 41.8 Å². The number of aliphatic hydroxyl groups is 1. The van der Waals surface area contributed by atoms with Gasteiger partial charge in [-0.2, -0.15) is 0 Å². The highest BCUT2D eigenvalue weighted by atomic mass is 16.5. The van der Waals surface area contributed by atoms with Gasteiger partial charge in [0, 0.05) is 12.6 Å². The lowest BCUT2D eigenvalue weighted by Gasteiger charge is -2.24. The van der Waals surface area contributed by atoms with Crippen LogP contribution in [0.4, 0.5) is 5.69 Å². The van der Waals surface area contributed by atoms with E-state index in [1.165, 1.54) is 12.8 Å². The van der Waals surface area contributed by atoms with Gasteiger partial charge in [-0.05, 0) is 38.4 Å². The number of nitrogen functional groups attached to an aromatic ring is 1. The van der Waals surface area contributed by atoms with E-state index in [2.05, 4.69) is 11.8 Å². The molecule has 0 saturated carbocycles. The molecule has 1 fully saturated rings. The molecular formula is C14H22N2O2.